The van der Waals surface area contributed by atoms with E-state index in [0.717, 1.165) is 19.4 Å². The van der Waals surface area contributed by atoms with Gasteiger partial charge in [-0.3, -0.25) is 0 Å². The van der Waals surface area contributed by atoms with Gasteiger partial charge in [-0.15, -0.1) is 0 Å². The Balaban J connectivity index is 1.99. The molecule has 0 amide bonds. The molecular weight excluding hydrogens is 234 g/mol. The highest BCUT2D eigenvalue weighted by Gasteiger charge is 2.09. The molecule has 0 saturated heterocycles. The molecule has 0 spiro atoms. The topological polar surface area (TPSA) is 32.3 Å². The monoisotopic (exact) mass is 255 g/mol. The molecule has 1 unspecified atom stereocenters. The maximum atomic E-state index is 9.28. The SMILES string of the molecule is CCNC(CCc1ccc(O)cc1)c1ccccc1. The van der Waals surface area contributed by atoms with Gasteiger partial charge in [-0.05, 0) is 42.6 Å². The normalized spacial score (nSPS) is 12.3. The minimum absolute atomic E-state index is 0.329. The lowest BCUT2D eigenvalue weighted by atomic mass is 9.99. The average Bonchev–Trinajstić information content (AvgIpc) is 2.46. The number of aromatic hydroxyl groups is 1. The van der Waals surface area contributed by atoms with Gasteiger partial charge in [0.25, 0.3) is 0 Å². The third-order valence-electron chi connectivity index (χ3n) is 3.31. The first-order valence-corrected chi connectivity index (χ1v) is 6.86. The second kappa shape index (κ2) is 6.95. The van der Waals surface area contributed by atoms with Crippen molar-refractivity contribution < 1.29 is 5.11 Å². The van der Waals surface area contributed by atoms with E-state index in [2.05, 4.69) is 36.5 Å². The Kier molecular flexibility index (Phi) is 4.99. The first-order valence-electron chi connectivity index (χ1n) is 6.86. The summed E-state index contributed by atoms with van der Waals surface area (Å²) < 4.78 is 0. The van der Waals surface area contributed by atoms with Crippen LogP contribution in [0.3, 0.4) is 0 Å². The van der Waals surface area contributed by atoms with Gasteiger partial charge in [0.05, 0.1) is 0 Å². The van der Waals surface area contributed by atoms with E-state index in [1.165, 1.54) is 11.1 Å². The van der Waals surface area contributed by atoms with Gasteiger partial charge in [0.15, 0.2) is 0 Å². The molecule has 0 radical (unpaired) electrons. The fourth-order valence-electron chi connectivity index (χ4n) is 2.29. The second-order valence-corrected chi connectivity index (χ2v) is 4.73. The van der Waals surface area contributed by atoms with Crippen LogP contribution in [0.2, 0.25) is 0 Å². The fourth-order valence-corrected chi connectivity index (χ4v) is 2.29. The zero-order valence-electron chi connectivity index (χ0n) is 11.3. The van der Waals surface area contributed by atoms with Crippen LogP contribution in [0.4, 0.5) is 0 Å². The molecule has 0 aliphatic rings. The van der Waals surface area contributed by atoms with Crippen LogP contribution in [-0.4, -0.2) is 11.7 Å². The van der Waals surface area contributed by atoms with Gasteiger partial charge in [-0.25, -0.2) is 0 Å². The second-order valence-electron chi connectivity index (χ2n) is 4.73. The summed E-state index contributed by atoms with van der Waals surface area (Å²) in [4.78, 5) is 0. The average molecular weight is 255 g/mol. The van der Waals surface area contributed by atoms with Gasteiger partial charge < -0.3 is 10.4 Å². The standard InChI is InChI=1S/C17H21NO/c1-2-18-17(15-6-4-3-5-7-15)13-10-14-8-11-16(19)12-9-14/h3-9,11-12,17-19H,2,10,13H2,1H3. The summed E-state index contributed by atoms with van der Waals surface area (Å²) in [6, 6.07) is 18.4. The predicted octanol–water partition coefficient (Wildman–Crippen LogP) is 3.68. The van der Waals surface area contributed by atoms with Gasteiger partial charge in [0, 0.05) is 6.04 Å². The number of phenols is 1. The molecule has 2 rings (SSSR count). The summed E-state index contributed by atoms with van der Waals surface area (Å²) in [6.07, 6.45) is 2.06. The van der Waals surface area contributed by atoms with E-state index >= 15 is 0 Å². The molecule has 1 atom stereocenters. The van der Waals surface area contributed by atoms with E-state index in [0.29, 0.717) is 11.8 Å². The molecule has 0 saturated carbocycles. The summed E-state index contributed by atoms with van der Waals surface area (Å²) in [7, 11) is 0. The molecule has 0 aromatic heterocycles. The van der Waals surface area contributed by atoms with Crippen LogP contribution >= 0.6 is 0 Å². The van der Waals surface area contributed by atoms with E-state index in [-0.39, 0.29) is 0 Å². The van der Waals surface area contributed by atoms with Crippen LogP contribution < -0.4 is 5.32 Å². The number of benzene rings is 2. The fraction of sp³-hybridized carbons (Fsp3) is 0.294. The Bertz CT molecular complexity index is 478. The largest absolute Gasteiger partial charge is 0.508 e. The third-order valence-corrected chi connectivity index (χ3v) is 3.31. The zero-order chi connectivity index (χ0) is 13.5. The minimum Gasteiger partial charge on any atom is -0.508 e. The molecule has 2 aromatic carbocycles. The van der Waals surface area contributed by atoms with Crippen LogP contribution in [0.5, 0.6) is 5.75 Å². The Hall–Kier alpha value is -1.80. The van der Waals surface area contributed by atoms with Crippen molar-refractivity contribution in [3.05, 3.63) is 65.7 Å². The molecule has 0 bridgehead atoms. The van der Waals surface area contributed by atoms with E-state index < -0.39 is 0 Å². The van der Waals surface area contributed by atoms with Crippen LogP contribution in [0, 0.1) is 0 Å². The number of hydrogen-bond donors (Lipinski definition) is 2. The molecule has 2 N–H and O–H groups in total. The molecule has 2 nitrogen and oxygen atoms in total. The maximum Gasteiger partial charge on any atom is 0.115 e. The Labute approximate surface area is 115 Å². The van der Waals surface area contributed by atoms with Crippen molar-refractivity contribution in [1.29, 1.82) is 0 Å². The molecule has 19 heavy (non-hydrogen) atoms. The Morgan fingerprint density at radius 1 is 1.00 bits per heavy atom. The van der Waals surface area contributed by atoms with Gasteiger partial charge in [-0.2, -0.15) is 0 Å². The Morgan fingerprint density at radius 3 is 2.32 bits per heavy atom. The summed E-state index contributed by atoms with van der Waals surface area (Å²) in [5, 5.41) is 12.8. The summed E-state index contributed by atoms with van der Waals surface area (Å²) in [5.74, 6) is 0.329. The molecule has 0 heterocycles. The number of hydrogen-bond acceptors (Lipinski definition) is 2. The van der Waals surface area contributed by atoms with Crippen LogP contribution in [-0.2, 0) is 6.42 Å². The summed E-state index contributed by atoms with van der Waals surface area (Å²) in [6.45, 7) is 3.10. The van der Waals surface area contributed by atoms with E-state index in [1.54, 1.807) is 12.1 Å². The first kappa shape index (κ1) is 13.6. The highest BCUT2D eigenvalue weighted by atomic mass is 16.3. The maximum absolute atomic E-state index is 9.28. The molecule has 0 aliphatic heterocycles. The number of rotatable bonds is 6. The molecule has 100 valence electrons. The molecule has 0 fully saturated rings. The van der Waals surface area contributed by atoms with Crippen molar-refractivity contribution in [2.75, 3.05) is 6.54 Å². The van der Waals surface area contributed by atoms with E-state index in [9.17, 15) is 5.11 Å². The smallest absolute Gasteiger partial charge is 0.115 e. The van der Waals surface area contributed by atoms with Crippen molar-refractivity contribution in [3.8, 4) is 5.75 Å². The predicted molar refractivity (Wildman–Crippen MR) is 79.3 cm³/mol. The quantitative estimate of drug-likeness (QED) is 0.825. The van der Waals surface area contributed by atoms with Gasteiger partial charge in [0.2, 0.25) is 0 Å². The van der Waals surface area contributed by atoms with Crippen LogP contribution in [0.25, 0.3) is 0 Å². The lowest BCUT2D eigenvalue weighted by Gasteiger charge is -2.18. The molecule has 2 aromatic rings. The van der Waals surface area contributed by atoms with Crippen molar-refractivity contribution in [2.24, 2.45) is 0 Å². The zero-order valence-corrected chi connectivity index (χ0v) is 11.3. The number of phenolic OH excluding ortho intramolecular Hbond substituents is 1. The van der Waals surface area contributed by atoms with Gasteiger partial charge in [0.1, 0.15) is 5.75 Å². The molecule has 0 aliphatic carbocycles. The highest BCUT2D eigenvalue weighted by molar-refractivity contribution is 5.26. The summed E-state index contributed by atoms with van der Waals surface area (Å²) >= 11 is 0. The molecule has 2 heteroatoms. The minimum atomic E-state index is 0.329. The van der Waals surface area contributed by atoms with Gasteiger partial charge >= 0.3 is 0 Å². The van der Waals surface area contributed by atoms with Crippen molar-refractivity contribution in [3.63, 3.8) is 0 Å². The Morgan fingerprint density at radius 2 is 1.68 bits per heavy atom. The first-order chi connectivity index (χ1) is 9.29. The summed E-state index contributed by atoms with van der Waals surface area (Å²) in [5.41, 5.74) is 2.60. The lowest BCUT2D eigenvalue weighted by molar-refractivity contribution is 0.474. The van der Waals surface area contributed by atoms with Crippen molar-refractivity contribution >= 4 is 0 Å². The van der Waals surface area contributed by atoms with Crippen LogP contribution in [0.1, 0.15) is 30.5 Å². The molecular formula is C17H21NO. The number of nitrogens with one attached hydrogen (secondary N) is 1. The lowest BCUT2D eigenvalue weighted by Crippen LogP contribution is -2.21. The third kappa shape index (κ3) is 4.11. The van der Waals surface area contributed by atoms with E-state index in [4.69, 9.17) is 0 Å². The van der Waals surface area contributed by atoms with Crippen molar-refractivity contribution in [2.45, 2.75) is 25.8 Å². The highest BCUT2D eigenvalue weighted by Crippen LogP contribution is 2.20. The van der Waals surface area contributed by atoms with Gasteiger partial charge in [-0.1, -0.05) is 49.4 Å². The van der Waals surface area contributed by atoms with Crippen LogP contribution in [0.15, 0.2) is 54.6 Å². The van der Waals surface area contributed by atoms with E-state index in [1.807, 2.05) is 18.2 Å². The van der Waals surface area contributed by atoms with Crippen molar-refractivity contribution in [1.82, 2.24) is 5.32 Å². The number of aryl methyl sites for hydroxylation is 1.